The van der Waals surface area contributed by atoms with Crippen molar-refractivity contribution in [1.29, 1.82) is 0 Å². The van der Waals surface area contributed by atoms with E-state index in [0.29, 0.717) is 46.3 Å². The second-order valence-corrected chi connectivity index (χ2v) is 9.54. The van der Waals surface area contributed by atoms with Crippen molar-refractivity contribution in [2.45, 2.75) is 31.3 Å². The zero-order valence-corrected chi connectivity index (χ0v) is 20.4. The van der Waals surface area contributed by atoms with Gasteiger partial charge in [-0.1, -0.05) is 13.0 Å². The highest BCUT2D eigenvalue weighted by Crippen LogP contribution is 2.53. The number of aromatic nitrogens is 1. The number of carboxylic acid groups (broad SMARTS) is 1. The van der Waals surface area contributed by atoms with E-state index in [0.717, 1.165) is 6.07 Å². The predicted octanol–water partition coefficient (Wildman–Crippen LogP) is 5.41. The Bertz CT molecular complexity index is 1550. The predicted molar refractivity (Wildman–Crippen MR) is 133 cm³/mol. The van der Waals surface area contributed by atoms with Gasteiger partial charge in [-0.05, 0) is 48.7 Å². The van der Waals surface area contributed by atoms with Crippen LogP contribution in [0, 0.1) is 11.6 Å². The number of nitrogens with zero attached hydrogens (tertiary/aromatic N) is 1. The molecule has 37 heavy (non-hydrogen) atoms. The largest absolute Gasteiger partial charge is 0.507 e. The van der Waals surface area contributed by atoms with Crippen LogP contribution >= 0.6 is 0 Å². The van der Waals surface area contributed by atoms with Crippen LogP contribution in [0.1, 0.15) is 35.8 Å². The molecule has 0 bridgehead atoms. The number of rotatable bonds is 6. The lowest BCUT2D eigenvalue weighted by atomic mass is 9.64. The summed E-state index contributed by atoms with van der Waals surface area (Å²) in [6.45, 7) is 1.95. The van der Waals surface area contributed by atoms with Crippen LogP contribution in [0.15, 0.2) is 48.5 Å². The molecular weight excluding hydrogens is 484 g/mol. The van der Waals surface area contributed by atoms with Gasteiger partial charge in [-0.2, -0.15) is 0 Å². The Morgan fingerprint density at radius 3 is 2.35 bits per heavy atom. The molecule has 4 aromatic rings. The minimum absolute atomic E-state index is 0.0150. The number of phenols is 1. The summed E-state index contributed by atoms with van der Waals surface area (Å²) in [5.74, 6) is -2.63. The number of fused-ring (bicyclic) bond motifs is 1. The van der Waals surface area contributed by atoms with Crippen LogP contribution in [0.25, 0.3) is 27.7 Å². The maximum atomic E-state index is 14.7. The maximum Gasteiger partial charge on any atom is 0.339 e. The van der Waals surface area contributed by atoms with E-state index < -0.39 is 29.1 Å². The number of carbonyl (C=O) groups is 1. The van der Waals surface area contributed by atoms with Crippen LogP contribution in [0.4, 0.5) is 8.78 Å². The lowest BCUT2D eigenvalue weighted by Crippen LogP contribution is -2.43. The van der Waals surface area contributed by atoms with E-state index in [4.69, 9.17) is 9.47 Å². The van der Waals surface area contributed by atoms with Crippen molar-refractivity contribution in [3.63, 3.8) is 0 Å². The molecule has 192 valence electrons. The second-order valence-electron chi connectivity index (χ2n) is 9.54. The maximum absolute atomic E-state index is 14.7. The van der Waals surface area contributed by atoms with Gasteiger partial charge in [0.05, 0.1) is 31.2 Å². The van der Waals surface area contributed by atoms with Crippen molar-refractivity contribution in [2.75, 3.05) is 14.2 Å². The number of methoxy groups -OCH3 is 2. The summed E-state index contributed by atoms with van der Waals surface area (Å²) in [4.78, 5) is 11.7. The number of carboxylic acids is 1. The zero-order valence-electron chi connectivity index (χ0n) is 20.4. The van der Waals surface area contributed by atoms with Crippen LogP contribution in [-0.2, 0) is 5.41 Å². The van der Waals surface area contributed by atoms with Crippen molar-refractivity contribution < 1.29 is 38.4 Å². The number of hydrogen-bond acceptors (Lipinski definition) is 5. The molecule has 0 aliphatic heterocycles. The Labute approximate surface area is 211 Å². The molecule has 3 N–H and O–H groups in total. The standard InChI is InChI=1S/C28H25F2NO6/c1-28(12-17(32)13-28)26-24(14-4-6-18(27(34)35)22(8-14)36-2)25-20(9-15(29)10-21(25)33)31(26)16-5-7-19(30)23(11-16)37-3/h4-11,17,32-33H,12-13H2,1-3H3,(H,34,35). The van der Waals surface area contributed by atoms with E-state index in [9.17, 15) is 28.9 Å². The molecular formula is C28H25F2NO6. The van der Waals surface area contributed by atoms with Gasteiger partial charge in [0.1, 0.15) is 22.9 Å². The number of aliphatic hydroxyl groups is 1. The summed E-state index contributed by atoms with van der Waals surface area (Å²) in [5.41, 5.74) is 1.83. The van der Waals surface area contributed by atoms with Crippen LogP contribution < -0.4 is 9.47 Å². The van der Waals surface area contributed by atoms with Crippen LogP contribution in [-0.4, -0.2) is 46.2 Å². The number of halogens is 2. The Morgan fingerprint density at radius 1 is 1.03 bits per heavy atom. The lowest BCUT2D eigenvalue weighted by molar-refractivity contribution is 0.0249. The van der Waals surface area contributed by atoms with Crippen molar-refractivity contribution >= 4 is 16.9 Å². The molecule has 9 heteroatoms. The molecule has 0 spiro atoms. The number of hydrogen-bond donors (Lipinski definition) is 3. The molecule has 0 unspecified atom stereocenters. The first-order valence-electron chi connectivity index (χ1n) is 11.6. The average Bonchev–Trinajstić information content (AvgIpc) is 3.18. The monoisotopic (exact) mass is 509 g/mol. The van der Waals surface area contributed by atoms with Crippen molar-refractivity contribution in [3.8, 4) is 34.1 Å². The normalized spacial score (nSPS) is 19.0. The highest BCUT2D eigenvalue weighted by Gasteiger charge is 2.46. The molecule has 1 saturated carbocycles. The summed E-state index contributed by atoms with van der Waals surface area (Å²) in [7, 11) is 2.70. The minimum atomic E-state index is -1.16. The van der Waals surface area contributed by atoms with Crippen LogP contribution in [0.2, 0.25) is 0 Å². The van der Waals surface area contributed by atoms with E-state index in [1.54, 1.807) is 16.7 Å². The summed E-state index contributed by atoms with van der Waals surface area (Å²) >= 11 is 0. The second kappa shape index (κ2) is 8.77. The van der Waals surface area contributed by atoms with E-state index in [1.165, 1.54) is 44.6 Å². The molecule has 7 nitrogen and oxygen atoms in total. The van der Waals surface area contributed by atoms with E-state index in [-0.39, 0.29) is 22.8 Å². The highest BCUT2D eigenvalue weighted by molar-refractivity contribution is 6.04. The highest BCUT2D eigenvalue weighted by atomic mass is 19.1. The quantitative estimate of drug-likeness (QED) is 0.321. The van der Waals surface area contributed by atoms with E-state index in [1.807, 2.05) is 6.92 Å². The van der Waals surface area contributed by atoms with Gasteiger partial charge in [-0.15, -0.1) is 0 Å². The average molecular weight is 510 g/mol. The van der Waals surface area contributed by atoms with Gasteiger partial charge in [0.25, 0.3) is 0 Å². The Kier molecular flexibility index (Phi) is 5.83. The van der Waals surface area contributed by atoms with Gasteiger partial charge in [0.2, 0.25) is 0 Å². The number of ether oxygens (including phenoxy) is 2. The summed E-state index contributed by atoms with van der Waals surface area (Å²) < 4.78 is 41.3. The molecule has 1 aliphatic rings. The van der Waals surface area contributed by atoms with Crippen molar-refractivity contribution in [2.24, 2.45) is 0 Å². The SMILES string of the molecule is COc1cc(-n2c(C3(C)CC(O)C3)c(-c3ccc(C(=O)O)c(OC)c3)c3c(O)cc(F)cc32)ccc1F. The molecule has 1 fully saturated rings. The number of aromatic carboxylic acids is 1. The number of benzene rings is 3. The van der Waals surface area contributed by atoms with Gasteiger partial charge >= 0.3 is 5.97 Å². The first-order chi connectivity index (χ1) is 17.6. The molecule has 1 aromatic heterocycles. The third-order valence-corrected chi connectivity index (χ3v) is 7.07. The van der Waals surface area contributed by atoms with E-state index >= 15 is 0 Å². The fourth-order valence-corrected chi connectivity index (χ4v) is 5.47. The zero-order chi connectivity index (χ0) is 26.6. The third-order valence-electron chi connectivity index (χ3n) is 7.07. The van der Waals surface area contributed by atoms with Crippen LogP contribution in [0.3, 0.4) is 0 Å². The molecule has 1 aliphatic carbocycles. The van der Waals surface area contributed by atoms with E-state index in [2.05, 4.69) is 0 Å². The Balaban J connectivity index is 1.94. The van der Waals surface area contributed by atoms with Gasteiger partial charge in [0.15, 0.2) is 11.6 Å². The molecule has 0 amide bonds. The van der Waals surface area contributed by atoms with Gasteiger partial charge in [0, 0.05) is 34.5 Å². The summed E-state index contributed by atoms with van der Waals surface area (Å²) in [6.07, 6.45) is 0.228. The number of aromatic hydroxyl groups is 1. The minimum Gasteiger partial charge on any atom is -0.507 e. The first kappa shape index (κ1) is 24.6. The molecule has 0 atom stereocenters. The lowest BCUT2D eigenvalue weighted by Gasteiger charge is -2.44. The van der Waals surface area contributed by atoms with Crippen molar-refractivity contribution in [1.82, 2.24) is 4.57 Å². The Hall–Kier alpha value is -4.11. The third kappa shape index (κ3) is 3.86. The fourth-order valence-electron chi connectivity index (χ4n) is 5.47. The number of phenolic OH excluding ortho intramolecular Hbond substituents is 1. The van der Waals surface area contributed by atoms with Crippen LogP contribution in [0.5, 0.6) is 17.2 Å². The Morgan fingerprint density at radius 2 is 1.73 bits per heavy atom. The number of aliphatic hydroxyl groups excluding tert-OH is 1. The molecule has 0 saturated heterocycles. The van der Waals surface area contributed by atoms with Gasteiger partial charge in [-0.3, -0.25) is 0 Å². The fraction of sp³-hybridized carbons (Fsp3) is 0.250. The molecule has 1 heterocycles. The van der Waals surface area contributed by atoms with Gasteiger partial charge in [-0.25, -0.2) is 13.6 Å². The first-order valence-corrected chi connectivity index (χ1v) is 11.6. The molecule has 0 radical (unpaired) electrons. The smallest absolute Gasteiger partial charge is 0.339 e. The topological polar surface area (TPSA) is 101 Å². The van der Waals surface area contributed by atoms with Gasteiger partial charge < -0.3 is 29.4 Å². The summed E-state index contributed by atoms with van der Waals surface area (Å²) in [5, 5.41) is 31.1. The molecule has 5 rings (SSSR count). The molecule has 3 aromatic carbocycles. The van der Waals surface area contributed by atoms with Crippen molar-refractivity contribution in [3.05, 3.63) is 71.4 Å². The summed E-state index contributed by atoms with van der Waals surface area (Å²) in [6, 6.07) is 11.1.